The number of ether oxygens (including phenoxy) is 1. The van der Waals surface area contributed by atoms with Crippen molar-refractivity contribution in [2.24, 2.45) is 5.10 Å². The highest BCUT2D eigenvalue weighted by atomic mass is 16.6. The van der Waals surface area contributed by atoms with Crippen LogP contribution in [0.15, 0.2) is 58.3 Å². The first-order chi connectivity index (χ1) is 17.0. The number of rotatable bonds is 9. The highest BCUT2D eigenvalue weighted by Crippen LogP contribution is 2.28. The maximum Gasteiger partial charge on any atom is 0.294 e. The lowest BCUT2D eigenvalue weighted by atomic mass is 10.1. The van der Waals surface area contributed by atoms with Crippen molar-refractivity contribution >= 4 is 17.4 Å². The van der Waals surface area contributed by atoms with Crippen LogP contribution < -0.4 is 15.9 Å². The van der Waals surface area contributed by atoms with Gasteiger partial charge in [-0.2, -0.15) is 9.78 Å². The summed E-state index contributed by atoms with van der Waals surface area (Å²) in [6, 6.07) is 15.1. The number of aromatic nitrogens is 5. The molecule has 0 aliphatic carbocycles. The molecule has 11 nitrogen and oxygen atoms in total. The second-order valence-corrected chi connectivity index (χ2v) is 7.76. The second kappa shape index (κ2) is 10.6. The fraction of sp³-hybridized carbons (Fsp3) is 0.250. The molecule has 2 aromatic carbocycles. The number of hydrogen-bond donors (Lipinski definition) is 2. The fourth-order valence-electron chi connectivity index (χ4n) is 3.37. The molecule has 0 radical (unpaired) electrons. The van der Waals surface area contributed by atoms with E-state index in [0.717, 1.165) is 23.3 Å². The number of hydrazone groups is 1. The minimum Gasteiger partial charge on any atom is -0.494 e. The Labute approximate surface area is 201 Å². The maximum absolute atomic E-state index is 13.2. The normalized spacial score (nSPS) is 11.5. The summed E-state index contributed by atoms with van der Waals surface area (Å²) < 4.78 is 11.7. The SMILES string of the molecule is CCCOc1ccc(-c2c(C(=O)NN=C(CC)c3ccc(C)cc3)nnn2-c2nonc2N)cc1. The molecule has 4 aromatic rings. The number of carbonyl (C=O) groups is 1. The number of nitrogens with one attached hydrogen (secondary N) is 1. The Balaban J connectivity index is 1.69. The van der Waals surface area contributed by atoms with Gasteiger partial charge in [-0.05, 0) is 59.9 Å². The Hall–Kier alpha value is -4.54. The summed E-state index contributed by atoms with van der Waals surface area (Å²) in [4.78, 5) is 13.2. The lowest BCUT2D eigenvalue weighted by Gasteiger charge is -2.09. The van der Waals surface area contributed by atoms with E-state index >= 15 is 0 Å². The molecule has 0 aliphatic heterocycles. The van der Waals surface area contributed by atoms with Gasteiger partial charge in [-0.25, -0.2) is 10.1 Å². The van der Waals surface area contributed by atoms with E-state index in [1.807, 2.05) is 45.0 Å². The van der Waals surface area contributed by atoms with Crippen LogP contribution in [0.3, 0.4) is 0 Å². The van der Waals surface area contributed by atoms with Crippen LogP contribution in [0.25, 0.3) is 17.1 Å². The van der Waals surface area contributed by atoms with Crippen molar-refractivity contribution in [3.8, 4) is 22.8 Å². The van der Waals surface area contributed by atoms with E-state index in [1.54, 1.807) is 24.3 Å². The quantitative estimate of drug-likeness (QED) is 0.277. The summed E-state index contributed by atoms with van der Waals surface area (Å²) in [5.41, 5.74) is 12.3. The van der Waals surface area contributed by atoms with E-state index in [2.05, 4.69) is 31.2 Å². The van der Waals surface area contributed by atoms with Gasteiger partial charge >= 0.3 is 0 Å². The Morgan fingerprint density at radius 3 is 2.49 bits per heavy atom. The van der Waals surface area contributed by atoms with Gasteiger partial charge in [0.2, 0.25) is 11.6 Å². The molecule has 1 amide bonds. The molecular formula is C24H26N8O3. The molecule has 0 aliphatic rings. The van der Waals surface area contributed by atoms with Gasteiger partial charge in [0.1, 0.15) is 11.4 Å². The Morgan fingerprint density at radius 2 is 1.86 bits per heavy atom. The van der Waals surface area contributed by atoms with Gasteiger partial charge in [-0.15, -0.1) is 5.10 Å². The number of anilines is 1. The van der Waals surface area contributed by atoms with Crippen molar-refractivity contribution in [1.29, 1.82) is 0 Å². The molecule has 0 spiro atoms. The lowest BCUT2D eigenvalue weighted by molar-refractivity contribution is 0.0950. The zero-order chi connectivity index (χ0) is 24.8. The van der Waals surface area contributed by atoms with E-state index < -0.39 is 5.91 Å². The summed E-state index contributed by atoms with van der Waals surface area (Å²) in [6.45, 7) is 6.62. The predicted octanol–water partition coefficient (Wildman–Crippen LogP) is 3.54. The Bertz CT molecular complexity index is 1320. The maximum atomic E-state index is 13.2. The summed E-state index contributed by atoms with van der Waals surface area (Å²) in [7, 11) is 0. The third-order valence-corrected chi connectivity index (χ3v) is 5.19. The number of nitrogens with two attached hydrogens (primary N) is 1. The van der Waals surface area contributed by atoms with Crippen LogP contribution in [0.5, 0.6) is 5.75 Å². The van der Waals surface area contributed by atoms with Crippen molar-refractivity contribution < 1.29 is 14.2 Å². The molecule has 2 aromatic heterocycles. The first-order valence-corrected chi connectivity index (χ1v) is 11.2. The van der Waals surface area contributed by atoms with Crippen LogP contribution >= 0.6 is 0 Å². The zero-order valence-corrected chi connectivity index (χ0v) is 19.7. The topological polar surface area (TPSA) is 146 Å². The van der Waals surface area contributed by atoms with Gasteiger partial charge in [-0.3, -0.25) is 4.79 Å². The number of nitrogens with zero attached hydrogens (tertiary/aromatic N) is 6. The number of carbonyl (C=O) groups excluding carboxylic acids is 1. The van der Waals surface area contributed by atoms with E-state index in [9.17, 15) is 4.79 Å². The lowest BCUT2D eigenvalue weighted by Crippen LogP contribution is -2.21. The molecule has 0 atom stereocenters. The molecule has 0 fully saturated rings. The van der Waals surface area contributed by atoms with Gasteiger partial charge in [0.15, 0.2) is 5.69 Å². The minimum absolute atomic E-state index is 0.0108. The van der Waals surface area contributed by atoms with Crippen LogP contribution in [0.2, 0.25) is 0 Å². The van der Waals surface area contributed by atoms with Crippen LogP contribution in [0, 0.1) is 6.92 Å². The third kappa shape index (κ3) is 5.18. The van der Waals surface area contributed by atoms with Gasteiger partial charge in [0, 0.05) is 5.56 Å². The van der Waals surface area contributed by atoms with Gasteiger partial charge in [-0.1, -0.05) is 48.9 Å². The van der Waals surface area contributed by atoms with E-state index in [4.69, 9.17) is 15.1 Å². The van der Waals surface area contributed by atoms with Crippen molar-refractivity contribution in [1.82, 2.24) is 30.7 Å². The van der Waals surface area contributed by atoms with Crippen LogP contribution in [0.4, 0.5) is 5.82 Å². The molecule has 0 unspecified atom stereocenters. The van der Waals surface area contributed by atoms with Crippen molar-refractivity contribution in [3.63, 3.8) is 0 Å². The minimum atomic E-state index is -0.536. The average Bonchev–Trinajstić information content (AvgIpc) is 3.50. The predicted molar refractivity (Wildman–Crippen MR) is 130 cm³/mol. The van der Waals surface area contributed by atoms with Gasteiger partial charge in [0.05, 0.1) is 12.3 Å². The largest absolute Gasteiger partial charge is 0.494 e. The molecule has 11 heteroatoms. The van der Waals surface area contributed by atoms with Crippen molar-refractivity contribution in [2.45, 2.75) is 33.6 Å². The highest BCUT2D eigenvalue weighted by Gasteiger charge is 2.25. The van der Waals surface area contributed by atoms with Crippen LogP contribution in [0.1, 0.15) is 48.3 Å². The molecule has 180 valence electrons. The van der Waals surface area contributed by atoms with E-state index in [1.165, 1.54) is 4.68 Å². The zero-order valence-electron chi connectivity index (χ0n) is 19.7. The molecule has 0 bridgehead atoms. The third-order valence-electron chi connectivity index (χ3n) is 5.19. The number of aryl methyl sites for hydroxylation is 1. The molecule has 35 heavy (non-hydrogen) atoms. The first kappa shape index (κ1) is 23.6. The van der Waals surface area contributed by atoms with Crippen LogP contribution in [-0.4, -0.2) is 43.5 Å². The molecule has 2 heterocycles. The van der Waals surface area contributed by atoms with Crippen molar-refractivity contribution in [2.75, 3.05) is 12.3 Å². The number of hydrogen-bond acceptors (Lipinski definition) is 9. The Morgan fingerprint density at radius 1 is 1.11 bits per heavy atom. The molecule has 0 saturated heterocycles. The van der Waals surface area contributed by atoms with E-state index in [0.29, 0.717) is 30.0 Å². The molecule has 3 N–H and O–H groups in total. The summed E-state index contributed by atoms with van der Waals surface area (Å²) >= 11 is 0. The van der Waals surface area contributed by atoms with Gasteiger partial charge in [0.25, 0.3) is 5.91 Å². The second-order valence-electron chi connectivity index (χ2n) is 7.76. The summed E-state index contributed by atoms with van der Waals surface area (Å²) in [6.07, 6.45) is 1.52. The number of benzene rings is 2. The standard InChI is InChI=1S/C24H26N8O3/c1-4-14-34-18-12-10-17(11-13-18)21-20(27-31-32(21)23-22(25)29-35-30-23)24(33)28-26-19(5-2)16-8-6-15(3)7-9-16/h6-13H,4-5,14H2,1-3H3,(H2,25,29)(H,28,33). The highest BCUT2D eigenvalue weighted by molar-refractivity contribution is 6.03. The average molecular weight is 475 g/mol. The Kier molecular flexibility index (Phi) is 7.15. The fourth-order valence-corrected chi connectivity index (χ4v) is 3.37. The summed E-state index contributed by atoms with van der Waals surface area (Å²) in [5.74, 6) is 0.302. The number of nitrogen functional groups attached to an aromatic ring is 1. The van der Waals surface area contributed by atoms with Gasteiger partial charge < -0.3 is 10.5 Å². The van der Waals surface area contributed by atoms with Crippen LogP contribution in [-0.2, 0) is 0 Å². The summed E-state index contributed by atoms with van der Waals surface area (Å²) in [5, 5.41) is 19.9. The monoisotopic (exact) mass is 474 g/mol. The first-order valence-electron chi connectivity index (χ1n) is 11.2. The number of amides is 1. The van der Waals surface area contributed by atoms with Crippen molar-refractivity contribution in [3.05, 3.63) is 65.4 Å². The smallest absolute Gasteiger partial charge is 0.294 e. The van der Waals surface area contributed by atoms with E-state index in [-0.39, 0.29) is 17.3 Å². The molecular weight excluding hydrogens is 448 g/mol. The molecule has 0 saturated carbocycles. The molecule has 4 rings (SSSR count).